The predicted molar refractivity (Wildman–Crippen MR) is 81.3 cm³/mol. The molecule has 0 aliphatic heterocycles. The molecule has 7 nitrogen and oxygen atoms in total. The Labute approximate surface area is 129 Å². The third-order valence-corrected chi connectivity index (χ3v) is 5.07. The van der Waals surface area contributed by atoms with E-state index in [1.165, 1.54) is 6.20 Å². The molecule has 8 heteroatoms. The van der Waals surface area contributed by atoms with Crippen molar-refractivity contribution in [2.45, 2.75) is 50.5 Å². The zero-order valence-electron chi connectivity index (χ0n) is 13.0. The first kappa shape index (κ1) is 15.1. The quantitative estimate of drug-likeness (QED) is 0.931. The van der Waals surface area contributed by atoms with Gasteiger partial charge in [0.15, 0.2) is 5.03 Å². The van der Waals surface area contributed by atoms with E-state index >= 15 is 0 Å². The Morgan fingerprint density at radius 1 is 1.32 bits per heavy atom. The van der Waals surface area contributed by atoms with Crippen LogP contribution in [-0.4, -0.2) is 23.1 Å². The number of hydrogen-bond acceptors (Lipinski definition) is 5. The van der Waals surface area contributed by atoms with Crippen molar-refractivity contribution < 1.29 is 12.9 Å². The molecule has 1 aliphatic rings. The van der Waals surface area contributed by atoms with E-state index in [4.69, 9.17) is 4.52 Å². The number of sulfonamides is 1. The van der Waals surface area contributed by atoms with Gasteiger partial charge in [0.25, 0.3) is 10.0 Å². The van der Waals surface area contributed by atoms with Crippen LogP contribution in [0, 0.1) is 0 Å². The number of anilines is 1. The number of fused-ring (bicyclic) bond motifs is 1. The maximum absolute atomic E-state index is 12.5. The topological polar surface area (TPSA) is 90.0 Å². The molecule has 1 N–H and O–H groups in total. The Morgan fingerprint density at radius 2 is 2.05 bits per heavy atom. The second kappa shape index (κ2) is 5.42. The molecule has 0 radical (unpaired) electrons. The van der Waals surface area contributed by atoms with Crippen LogP contribution in [0.4, 0.5) is 5.88 Å². The van der Waals surface area contributed by atoms with E-state index in [1.807, 2.05) is 13.8 Å². The Morgan fingerprint density at radius 3 is 2.73 bits per heavy atom. The molecule has 0 spiro atoms. The number of rotatable bonds is 4. The molecule has 2 aromatic rings. The molecule has 120 valence electrons. The summed E-state index contributed by atoms with van der Waals surface area (Å²) >= 11 is 0. The van der Waals surface area contributed by atoms with Gasteiger partial charge in [-0.05, 0) is 25.7 Å². The fourth-order valence-corrected chi connectivity index (χ4v) is 3.78. The summed E-state index contributed by atoms with van der Waals surface area (Å²) in [6.07, 6.45) is 5.21. The first-order valence-electron chi connectivity index (χ1n) is 7.42. The van der Waals surface area contributed by atoms with Crippen LogP contribution in [0.3, 0.4) is 0 Å². The van der Waals surface area contributed by atoms with Crippen LogP contribution in [-0.2, 0) is 29.9 Å². The standard InChI is InChI=1S/C14H20N4O3S/c1-9(2)13-15-12(8-18(13)3)22(19,20)17-14-10-6-4-5-7-11(10)16-21-14/h8-9,17H,4-7H2,1-3H3. The highest BCUT2D eigenvalue weighted by Gasteiger charge is 2.26. The summed E-state index contributed by atoms with van der Waals surface area (Å²) in [5.41, 5.74) is 1.72. The van der Waals surface area contributed by atoms with Gasteiger partial charge in [-0.3, -0.25) is 0 Å². The minimum atomic E-state index is -3.77. The molecule has 0 unspecified atom stereocenters. The van der Waals surface area contributed by atoms with E-state index in [1.54, 1.807) is 11.6 Å². The Balaban J connectivity index is 1.91. The molecule has 1 aliphatic carbocycles. The van der Waals surface area contributed by atoms with Gasteiger partial charge in [-0.2, -0.15) is 8.42 Å². The summed E-state index contributed by atoms with van der Waals surface area (Å²) in [7, 11) is -1.98. The van der Waals surface area contributed by atoms with Crippen LogP contribution < -0.4 is 4.72 Å². The molecule has 0 saturated carbocycles. The van der Waals surface area contributed by atoms with E-state index in [0.717, 1.165) is 42.8 Å². The molecular weight excluding hydrogens is 304 g/mol. The summed E-state index contributed by atoms with van der Waals surface area (Å²) in [4.78, 5) is 4.22. The minimum absolute atomic E-state index is 0.000315. The summed E-state index contributed by atoms with van der Waals surface area (Å²) in [5.74, 6) is 1.10. The number of imidazole rings is 1. The van der Waals surface area contributed by atoms with Crippen molar-refractivity contribution >= 4 is 15.9 Å². The molecule has 3 rings (SSSR count). The average molecular weight is 324 g/mol. The van der Waals surface area contributed by atoms with Gasteiger partial charge in [0, 0.05) is 24.7 Å². The Bertz CT molecular complexity index is 789. The van der Waals surface area contributed by atoms with Gasteiger partial charge < -0.3 is 9.09 Å². The average Bonchev–Trinajstić information content (AvgIpc) is 3.03. The van der Waals surface area contributed by atoms with Gasteiger partial charge in [-0.15, -0.1) is 0 Å². The lowest BCUT2D eigenvalue weighted by atomic mass is 9.98. The highest BCUT2D eigenvalue weighted by Crippen LogP contribution is 2.29. The van der Waals surface area contributed by atoms with Crippen molar-refractivity contribution in [1.29, 1.82) is 0 Å². The van der Waals surface area contributed by atoms with Crippen molar-refractivity contribution in [3.8, 4) is 0 Å². The van der Waals surface area contributed by atoms with E-state index in [2.05, 4.69) is 14.9 Å². The molecule has 2 heterocycles. The smallest absolute Gasteiger partial charge is 0.283 e. The highest BCUT2D eigenvalue weighted by atomic mass is 32.2. The van der Waals surface area contributed by atoms with Crippen molar-refractivity contribution in [2.24, 2.45) is 7.05 Å². The van der Waals surface area contributed by atoms with Gasteiger partial charge in [0.1, 0.15) is 5.82 Å². The molecule has 0 saturated heterocycles. The molecule has 2 aromatic heterocycles. The number of hydrogen-bond donors (Lipinski definition) is 1. The van der Waals surface area contributed by atoms with E-state index in [9.17, 15) is 8.42 Å². The van der Waals surface area contributed by atoms with Gasteiger partial charge in [0.05, 0.1) is 5.69 Å². The molecule has 0 bridgehead atoms. The molecule has 0 atom stereocenters. The number of nitrogens with zero attached hydrogens (tertiary/aromatic N) is 3. The van der Waals surface area contributed by atoms with Crippen LogP contribution >= 0.6 is 0 Å². The maximum Gasteiger partial charge on any atom is 0.283 e. The largest absolute Gasteiger partial charge is 0.337 e. The van der Waals surface area contributed by atoms with Gasteiger partial charge in [-0.25, -0.2) is 9.71 Å². The third kappa shape index (κ3) is 2.63. The van der Waals surface area contributed by atoms with E-state index in [0.29, 0.717) is 0 Å². The second-order valence-electron chi connectivity index (χ2n) is 5.95. The molecule has 0 aromatic carbocycles. The number of nitrogens with one attached hydrogen (secondary N) is 1. The lowest BCUT2D eigenvalue weighted by Crippen LogP contribution is -2.15. The number of aryl methyl sites for hydroxylation is 2. The Hall–Kier alpha value is -1.83. The molecular formula is C14H20N4O3S. The van der Waals surface area contributed by atoms with Gasteiger partial charge in [0.2, 0.25) is 5.88 Å². The van der Waals surface area contributed by atoms with Gasteiger partial charge >= 0.3 is 0 Å². The highest BCUT2D eigenvalue weighted by molar-refractivity contribution is 7.92. The van der Waals surface area contributed by atoms with Crippen LogP contribution in [0.15, 0.2) is 15.7 Å². The first-order chi connectivity index (χ1) is 10.4. The monoisotopic (exact) mass is 324 g/mol. The second-order valence-corrected chi connectivity index (χ2v) is 7.58. The summed E-state index contributed by atoms with van der Waals surface area (Å²) < 4.78 is 34.4. The van der Waals surface area contributed by atoms with Gasteiger partial charge in [-0.1, -0.05) is 19.0 Å². The van der Waals surface area contributed by atoms with Crippen LogP contribution in [0.5, 0.6) is 0 Å². The Kier molecular flexibility index (Phi) is 3.72. The van der Waals surface area contributed by atoms with Crippen molar-refractivity contribution in [2.75, 3.05) is 4.72 Å². The SMILES string of the molecule is CC(C)c1nc(S(=O)(=O)Nc2onc3c2CCCC3)cn1C. The van der Waals surface area contributed by atoms with Crippen molar-refractivity contribution in [1.82, 2.24) is 14.7 Å². The summed E-state index contributed by atoms with van der Waals surface area (Å²) in [5, 5.41) is 3.96. The summed E-state index contributed by atoms with van der Waals surface area (Å²) in [6, 6.07) is 0. The molecule has 0 fully saturated rings. The first-order valence-corrected chi connectivity index (χ1v) is 8.90. The predicted octanol–water partition coefficient (Wildman–Crippen LogP) is 2.21. The third-order valence-electron chi connectivity index (χ3n) is 3.87. The zero-order valence-corrected chi connectivity index (χ0v) is 13.8. The van der Waals surface area contributed by atoms with Crippen molar-refractivity contribution in [3.63, 3.8) is 0 Å². The molecule has 22 heavy (non-hydrogen) atoms. The zero-order chi connectivity index (χ0) is 15.9. The maximum atomic E-state index is 12.5. The van der Waals surface area contributed by atoms with Crippen LogP contribution in [0.1, 0.15) is 49.7 Å². The fourth-order valence-electron chi connectivity index (χ4n) is 2.76. The molecule has 0 amide bonds. The normalized spacial score (nSPS) is 15.1. The van der Waals surface area contributed by atoms with E-state index in [-0.39, 0.29) is 16.8 Å². The van der Waals surface area contributed by atoms with E-state index < -0.39 is 10.0 Å². The lowest BCUT2D eigenvalue weighted by molar-refractivity contribution is 0.426. The minimum Gasteiger partial charge on any atom is -0.337 e. The number of aromatic nitrogens is 3. The fraction of sp³-hybridized carbons (Fsp3) is 0.571. The van der Waals surface area contributed by atoms with Crippen LogP contribution in [0.25, 0.3) is 0 Å². The summed E-state index contributed by atoms with van der Waals surface area (Å²) in [6.45, 7) is 3.94. The van der Waals surface area contributed by atoms with Crippen LogP contribution in [0.2, 0.25) is 0 Å². The van der Waals surface area contributed by atoms with Crippen molar-refractivity contribution in [3.05, 3.63) is 23.3 Å². The lowest BCUT2D eigenvalue weighted by Gasteiger charge is -2.09.